The number of carbonyl (C=O) groups excluding carboxylic acids is 2. The molecule has 1 saturated carbocycles. The molecule has 0 aromatic carbocycles. The predicted molar refractivity (Wildman–Crippen MR) is 98.8 cm³/mol. The lowest BCUT2D eigenvalue weighted by Gasteiger charge is -2.22. The molecule has 0 radical (unpaired) electrons. The van der Waals surface area contributed by atoms with Crippen LogP contribution in [0.2, 0.25) is 0 Å². The van der Waals surface area contributed by atoms with Gasteiger partial charge in [0.15, 0.2) is 0 Å². The number of rotatable bonds is 4. The Bertz CT molecular complexity index is 461. The van der Waals surface area contributed by atoms with E-state index < -0.39 is 0 Å². The Labute approximate surface area is 147 Å². The number of hydrogen-bond donors (Lipinski definition) is 1. The third kappa shape index (κ3) is 8.47. The maximum Gasteiger partial charge on any atom is 0.140 e. The molecule has 0 saturated heterocycles. The summed E-state index contributed by atoms with van der Waals surface area (Å²) in [4.78, 5) is 22.1. The predicted octanol–water partition coefficient (Wildman–Crippen LogP) is 5.41. The van der Waals surface area contributed by atoms with Gasteiger partial charge in [-0.05, 0) is 49.0 Å². The van der Waals surface area contributed by atoms with Crippen LogP contribution in [0, 0.1) is 23.7 Å². The van der Waals surface area contributed by atoms with Crippen LogP contribution >= 0.6 is 0 Å². The van der Waals surface area contributed by atoms with Crippen molar-refractivity contribution in [3.63, 3.8) is 0 Å². The van der Waals surface area contributed by atoms with Gasteiger partial charge in [0.2, 0.25) is 0 Å². The van der Waals surface area contributed by atoms with Crippen molar-refractivity contribution in [1.82, 2.24) is 0 Å². The molecule has 0 aliphatic heterocycles. The molecule has 3 heteroatoms. The molecule has 1 atom stereocenters. The number of aliphatic hydroxyl groups excluding tert-OH is 1. The van der Waals surface area contributed by atoms with Crippen LogP contribution < -0.4 is 0 Å². The second-order valence-electron chi connectivity index (χ2n) is 8.36. The SMILES string of the molecule is C=C1C=C(O)CC(CC(C)C)C1.CC(C)CC1CC(=O)CC(=O)C1. The Balaban J connectivity index is 0.000000240. The second-order valence-corrected chi connectivity index (χ2v) is 8.36. The molecule has 0 heterocycles. The van der Waals surface area contributed by atoms with E-state index in [-0.39, 0.29) is 18.0 Å². The minimum Gasteiger partial charge on any atom is -0.512 e. The number of carbonyl (C=O) groups is 2. The lowest BCUT2D eigenvalue weighted by Crippen LogP contribution is -2.23. The van der Waals surface area contributed by atoms with Crippen molar-refractivity contribution in [2.75, 3.05) is 0 Å². The monoisotopic (exact) mass is 334 g/mol. The minimum absolute atomic E-state index is 0.136. The van der Waals surface area contributed by atoms with Crippen molar-refractivity contribution < 1.29 is 14.7 Å². The number of Topliss-reactive ketones (excluding diaryl/α,β-unsaturated/α-hetero) is 2. The molecule has 136 valence electrons. The summed E-state index contributed by atoms with van der Waals surface area (Å²) in [7, 11) is 0. The minimum atomic E-state index is 0.136. The fraction of sp³-hybridized carbons (Fsp3) is 0.714. The topological polar surface area (TPSA) is 54.4 Å². The van der Waals surface area contributed by atoms with Crippen molar-refractivity contribution in [3.8, 4) is 0 Å². The van der Waals surface area contributed by atoms with Crippen LogP contribution in [0.5, 0.6) is 0 Å². The molecule has 0 amide bonds. The summed E-state index contributed by atoms with van der Waals surface area (Å²) in [6.45, 7) is 12.6. The van der Waals surface area contributed by atoms with Crippen molar-refractivity contribution in [2.24, 2.45) is 23.7 Å². The third-order valence-electron chi connectivity index (χ3n) is 4.46. The first-order valence-electron chi connectivity index (χ1n) is 9.26. The van der Waals surface area contributed by atoms with Gasteiger partial charge >= 0.3 is 0 Å². The maximum atomic E-state index is 11.0. The quantitative estimate of drug-likeness (QED) is 0.699. The lowest BCUT2D eigenvalue weighted by molar-refractivity contribution is -0.131. The Morgan fingerprint density at radius 1 is 0.958 bits per heavy atom. The molecule has 0 aromatic heterocycles. The molecule has 2 rings (SSSR count). The molecule has 0 spiro atoms. The van der Waals surface area contributed by atoms with Gasteiger partial charge in [0.05, 0.1) is 12.2 Å². The summed E-state index contributed by atoms with van der Waals surface area (Å²) in [5, 5.41) is 9.36. The first kappa shape index (κ1) is 20.7. The molecule has 3 nitrogen and oxygen atoms in total. The molecule has 2 aliphatic carbocycles. The normalized spacial score (nSPS) is 22.5. The molecule has 0 aromatic rings. The average molecular weight is 335 g/mol. The van der Waals surface area contributed by atoms with E-state index in [4.69, 9.17) is 0 Å². The van der Waals surface area contributed by atoms with Crippen LogP contribution in [0.15, 0.2) is 24.0 Å². The van der Waals surface area contributed by atoms with E-state index in [1.807, 2.05) is 0 Å². The molecule has 2 aliphatic rings. The van der Waals surface area contributed by atoms with E-state index >= 15 is 0 Å². The molecular formula is C21H34O3. The Hall–Kier alpha value is -1.38. The molecule has 1 unspecified atom stereocenters. The van der Waals surface area contributed by atoms with E-state index in [0.29, 0.717) is 42.3 Å². The highest BCUT2D eigenvalue weighted by molar-refractivity contribution is 6.01. The van der Waals surface area contributed by atoms with Gasteiger partial charge in [-0.25, -0.2) is 0 Å². The highest BCUT2D eigenvalue weighted by Gasteiger charge is 2.25. The van der Waals surface area contributed by atoms with Crippen LogP contribution in [0.3, 0.4) is 0 Å². The molecule has 0 bridgehead atoms. The summed E-state index contributed by atoms with van der Waals surface area (Å²) >= 11 is 0. The van der Waals surface area contributed by atoms with Gasteiger partial charge in [0, 0.05) is 19.3 Å². The summed E-state index contributed by atoms with van der Waals surface area (Å²) < 4.78 is 0. The van der Waals surface area contributed by atoms with E-state index in [0.717, 1.165) is 24.8 Å². The van der Waals surface area contributed by atoms with Gasteiger partial charge in [-0.15, -0.1) is 0 Å². The van der Waals surface area contributed by atoms with Gasteiger partial charge in [0.1, 0.15) is 11.6 Å². The summed E-state index contributed by atoms with van der Waals surface area (Å²) in [5.74, 6) is 3.04. The molecule has 1 N–H and O–H groups in total. The highest BCUT2D eigenvalue weighted by Crippen LogP contribution is 2.30. The lowest BCUT2D eigenvalue weighted by atomic mass is 9.82. The number of ketones is 2. The average Bonchev–Trinajstić information content (AvgIpc) is 2.34. The van der Waals surface area contributed by atoms with Crippen LogP contribution in [0.1, 0.15) is 72.6 Å². The van der Waals surface area contributed by atoms with Gasteiger partial charge in [-0.2, -0.15) is 0 Å². The van der Waals surface area contributed by atoms with Crippen molar-refractivity contribution in [3.05, 3.63) is 24.0 Å². The van der Waals surface area contributed by atoms with Gasteiger partial charge < -0.3 is 5.11 Å². The fourth-order valence-electron chi connectivity index (χ4n) is 3.84. The number of aliphatic hydroxyl groups is 1. The second kappa shape index (κ2) is 9.80. The zero-order chi connectivity index (χ0) is 18.3. The van der Waals surface area contributed by atoms with Crippen molar-refractivity contribution in [2.45, 2.75) is 72.6 Å². The van der Waals surface area contributed by atoms with E-state index in [2.05, 4.69) is 34.3 Å². The zero-order valence-corrected chi connectivity index (χ0v) is 15.8. The molecular weight excluding hydrogens is 300 g/mol. The van der Waals surface area contributed by atoms with Crippen molar-refractivity contribution in [1.29, 1.82) is 0 Å². The third-order valence-corrected chi connectivity index (χ3v) is 4.46. The summed E-state index contributed by atoms with van der Waals surface area (Å²) in [6, 6.07) is 0. The van der Waals surface area contributed by atoms with E-state index in [1.54, 1.807) is 6.08 Å². The van der Waals surface area contributed by atoms with Crippen LogP contribution in [0.4, 0.5) is 0 Å². The van der Waals surface area contributed by atoms with Crippen molar-refractivity contribution >= 4 is 11.6 Å². The summed E-state index contributed by atoms with van der Waals surface area (Å²) in [5.41, 5.74) is 1.07. The number of hydrogen-bond acceptors (Lipinski definition) is 3. The van der Waals surface area contributed by atoms with E-state index in [1.165, 1.54) is 6.42 Å². The van der Waals surface area contributed by atoms with Crippen LogP contribution in [0.25, 0.3) is 0 Å². The standard InChI is InChI=1S/C11H18O.C10H16O2/c1-8(2)4-10-5-9(3)6-11(12)7-10;1-7(2)3-8-4-9(11)6-10(12)5-8/h6,8,10,12H,3-5,7H2,1-2H3;7-8H,3-6H2,1-2H3. The number of allylic oxidation sites excluding steroid dienone is 3. The maximum absolute atomic E-state index is 11.0. The van der Waals surface area contributed by atoms with Crippen LogP contribution in [-0.2, 0) is 9.59 Å². The zero-order valence-electron chi connectivity index (χ0n) is 15.8. The van der Waals surface area contributed by atoms with E-state index in [9.17, 15) is 14.7 Å². The van der Waals surface area contributed by atoms with Crippen LogP contribution in [-0.4, -0.2) is 16.7 Å². The summed E-state index contributed by atoms with van der Waals surface area (Å²) in [6.07, 6.45) is 7.35. The first-order valence-corrected chi connectivity index (χ1v) is 9.26. The smallest absolute Gasteiger partial charge is 0.140 e. The van der Waals surface area contributed by atoms with Gasteiger partial charge in [0.25, 0.3) is 0 Å². The molecule has 24 heavy (non-hydrogen) atoms. The Morgan fingerprint density at radius 3 is 1.83 bits per heavy atom. The largest absolute Gasteiger partial charge is 0.512 e. The Morgan fingerprint density at radius 2 is 1.42 bits per heavy atom. The highest BCUT2D eigenvalue weighted by atomic mass is 16.3. The Kier molecular flexibility index (Phi) is 8.44. The van der Waals surface area contributed by atoms with Gasteiger partial charge in [-0.3, -0.25) is 9.59 Å². The first-order chi connectivity index (χ1) is 11.2. The molecule has 1 fully saturated rings. The fourth-order valence-corrected chi connectivity index (χ4v) is 3.84. The van der Waals surface area contributed by atoms with Gasteiger partial charge in [-0.1, -0.05) is 39.8 Å².